The van der Waals surface area contributed by atoms with Crippen molar-refractivity contribution in [2.24, 2.45) is 5.92 Å². The van der Waals surface area contributed by atoms with Gasteiger partial charge in [0.15, 0.2) is 0 Å². The molecule has 0 aromatic carbocycles. The molecule has 4 heteroatoms. The summed E-state index contributed by atoms with van der Waals surface area (Å²) in [5.74, 6) is 0.201. The van der Waals surface area contributed by atoms with Crippen molar-refractivity contribution in [2.75, 3.05) is 20.7 Å². The predicted molar refractivity (Wildman–Crippen MR) is 52.8 cm³/mol. The quantitative estimate of drug-likeness (QED) is 0.626. The van der Waals surface area contributed by atoms with E-state index >= 15 is 0 Å². The molecule has 0 saturated heterocycles. The molecule has 1 rings (SSSR count). The fraction of sp³-hybridized carbons (Fsp3) is 0.900. The number of carbonyl (C=O) groups is 1. The smallest absolute Gasteiger partial charge is 0.217 e. The van der Waals surface area contributed by atoms with Gasteiger partial charge in [-0.05, 0) is 39.8 Å². The van der Waals surface area contributed by atoms with E-state index in [1.807, 2.05) is 19.0 Å². The van der Waals surface area contributed by atoms with Crippen LogP contribution in [-0.4, -0.2) is 48.8 Å². The van der Waals surface area contributed by atoms with Crippen LogP contribution in [0.4, 0.5) is 0 Å². The summed E-state index contributed by atoms with van der Waals surface area (Å²) in [5.41, 5.74) is 0. The zero-order valence-corrected chi connectivity index (χ0v) is 9.06. The van der Waals surface area contributed by atoms with E-state index in [9.17, 15) is 9.90 Å². The Labute approximate surface area is 84.8 Å². The molecule has 0 bridgehead atoms. The molecule has 0 amide bonds. The van der Waals surface area contributed by atoms with Gasteiger partial charge in [0.1, 0.15) is 0 Å². The Morgan fingerprint density at radius 3 is 2.50 bits per heavy atom. The molecule has 0 aromatic rings. The van der Waals surface area contributed by atoms with E-state index in [2.05, 4.69) is 0 Å². The van der Waals surface area contributed by atoms with Crippen LogP contribution in [0.3, 0.4) is 0 Å². The van der Waals surface area contributed by atoms with Gasteiger partial charge in [-0.2, -0.15) is 0 Å². The van der Waals surface area contributed by atoms with Crippen molar-refractivity contribution in [1.29, 1.82) is 0 Å². The number of nitrogens with zero attached hydrogens (tertiary/aromatic N) is 1. The van der Waals surface area contributed by atoms with Gasteiger partial charge >= 0.3 is 0 Å². The second kappa shape index (κ2) is 4.87. The van der Waals surface area contributed by atoms with Gasteiger partial charge in [-0.3, -0.25) is 9.69 Å². The number of ether oxygens (including phenoxy) is 1. The summed E-state index contributed by atoms with van der Waals surface area (Å²) < 4.78 is 4.89. The van der Waals surface area contributed by atoms with Gasteiger partial charge in [0.05, 0.1) is 6.04 Å². The van der Waals surface area contributed by atoms with E-state index < -0.39 is 6.29 Å². The molecule has 1 saturated carbocycles. The van der Waals surface area contributed by atoms with Gasteiger partial charge in [-0.15, -0.1) is 0 Å². The number of aliphatic hydroxyl groups excluding tert-OH is 1. The second-order valence-corrected chi connectivity index (χ2v) is 3.96. The van der Waals surface area contributed by atoms with Crippen molar-refractivity contribution in [3.05, 3.63) is 0 Å². The average Bonchev–Trinajstić information content (AvgIpc) is 2.88. The highest BCUT2D eigenvalue weighted by Gasteiger charge is 2.40. The van der Waals surface area contributed by atoms with Gasteiger partial charge < -0.3 is 9.84 Å². The predicted octanol–water partition coefficient (Wildman–Crippen LogP) is 0.251. The van der Waals surface area contributed by atoms with E-state index in [-0.39, 0.29) is 11.8 Å². The van der Waals surface area contributed by atoms with Crippen molar-refractivity contribution in [1.82, 2.24) is 4.90 Å². The number of rotatable bonds is 6. The van der Waals surface area contributed by atoms with Crippen LogP contribution in [0.15, 0.2) is 0 Å². The van der Waals surface area contributed by atoms with E-state index in [4.69, 9.17) is 4.74 Å². The molecule has 0 heterocycles. The van der Waals surface area contributed by atoms with Crippen LogP contribution < -0.4 is 0 Å². The first-order chi connectivity index (χ1) is 6.57. The Bertz CT molecular complexity index is 200. The molecule has 1 aliphatic carbocycles. The maximum Gasteiger partial charge on any atom is 0.217 e. The molecule has 14 heavy (non-hydrogen) atoms. The number of ketones is 1. The topological polar surface area (TPSA) is 49.8 Å². The third kappa shape index (κ3) is 2.77. The van der Waals surface area contributed by atoms with E-state index in [1.54, 1.807) is 6.92 Å². The van der Waals surface area contributed by atoms with Crippen molar-refractivity contribution in [2.45, 2.75) is 32.1 Å². The Balaban J connectivity index is 2.54. The first kappa shape index (κ1) is 11.6. The molecule has 1 N–H and O–H groups in total. The van der Waals surface area contributed by atoms with E-state index in [0.717, 1.165) is 12.8 Å². The summed E-state index contributed by atoms with van der Waals surface area (Å²) >= 11 is 0. The average molecular weight is 201 g/mol. The zero-order chi connectivity index (χ0) is 10.7. The Morgan fingerprint density at radius 1 is 1.57 bits per heavy atom. The molecule has 82 valence electrons. The Morgan fingerprint density at radius 2 is 2.14 bits per heavy atom. The minimum absolute atomic E-state index is 0.184. The highest BCUT2D eigenvalue weighted by molar-refractivity contribution is 5.87. The number of hydrogen-bond acceptors (Lipinski definition) is 4. The highest BCUT2D eigenvalue weighted by Crippen LogP contribution is 2.35. The molecular weight excluding hydrogens is 182 g/mol. The van der Waals surface area contributed by atoms with Gasteiger partial charge in [-0.25, -0.2) is 0 Å². The highest BCUT2D eigenvalue weighted by atomic mass is 16.6. The fourth-order valence-corrected chi connectivity index (χ4v) is 1.71. The molecule has 0 aromatic heterocycles. The maximum absolute atomic E-state index is 11.7. The summed E-state index contributed by atoms with van der Waals surface area (Å²) in [4.78, 5) is 13.6. The number of aliphatic hydroxyl groups is 1. The number of carbonyl (C=O) groups excluding carboxylic acids is 1. The van der Waals surface area contributed by atoms with Crippen LogP contribution in [0.1, 0.15) is 19.8 Å². The number of likely N-dealkylation sites (N-methyl/N-ethyl adjacent to an activating group) is 1. The van der Waals surface area contributed by atoms with Crippen molar-refractivity contribution in [3.8, 4) is 0 Å². The standard InChI is InChI=1S/C10H19NO3/c1-4-14-10(13)9(12)8(11(2)3)7-5-6-7/h7-8,10,13H,4-6H2,1-3H3. The molecule has 2 atom stereocenters. The first-order valence-corrected chi connectivity index (χ1v) is 5.07. The molecule has 4 nitrogen and oxygen atoms in total. The molecule has 2 unspecified atom stereocenters. The van der Waals surface area contributed by atoms with Crippen LogP contribution in [0.25, 0.3) is 0 Å². The van der Waals surface area contributed by atoms with E-state index in [0.29, 0.717) is 12.5 Å². The van der Waals surface area contributed by atoms with Gasteiger partial charge in [0.25, 0.3) is 0 Å². The van der Waals surface area contributed by atoms with Crippen molar-refractivity contribution >= 4 is 5.78 Å². The second-order valence-electron chi connectivity index (χ2n) is 3.96. The number of Topliss-reactive ketones (excluding diaryl/α,β-unsaturated/α-hetero) is 1. The zero-order valence-electron chi connectivity index (χ0n) is 9.06. The summed E-state index contributed by atoms with van der Waals surface area (Å²) in [7, 11) is 3.72. The molecule has 1 fully saturated rings. The van der Waals surface area contributed by atoms with E-state index in [1.165, 1.54) is 0 Å². The Hall–Kier alpha value is -0.450. The molecule has 0 spiro atoms. The third-order valence-electron chi connectivity index (χ3n) is 2.48. The summed E-state index contributed by atoms with van der Waals surface area (Å²) in [6.07, 6.45) is 0.897. The molecule has 0 radical (unpaired) electrons. The van der Waals surface area contributed by atoms with Gasteiger partial charge in [0, 0.05) is 6.61 Å². The normalized spacial score (nSPS) is 20.9. The van der Waals surface area contributed by atoms with Crippen molar-refractivity contribution in [3.63, 3.8) is 0 Å². The lowest BCUT2D eigenvalue weighted by Gasteiger charge is -2.24. The minimum Gasteiger partial charge on any atom is -0.362 e. The van der Waals surface area contributed by atoms with Crippen LogP contribution >= 0.6 is 0 Å². The van der Waals surface area contributed by atoms with Crippen LogP contribution in [-0.2, 0) is 9.53 Å². The fourth-order valence-electron chi connectivity index (χ4n) is 1.71. The SMILES string of the molecule is CCOC(O)C(=O)C(C1CC1)N(C)C. The lowest BCUT2D eigenvalue weighted by molar-refractivity contribution is -0.160. The third-order valence-corrected chi connectivity index (χ3v) is 2.48. The van der Waals surface area contributed by atoms with Crippen LogP contribution in [0.5, 0.6) is 0 Å². The monoisotopic (exact) mass is 201 g/mol. The van der Waals surface area contributed by atoms with Crippen LogP contribution in [0, 0.1) is 5.92 Å². The van der Waals surface area contributed by atoms with Crippen molar-refractivity contribution < 1.29 is 14.6 Å². The largest absolute Gasteiger partial charge is 0.362 e. The van der Waals surface area contributed by atoms with Crippen LogP contribution in [0.2, 0.25) is 0 Å². The molecular formula is C10H19NO3. The maximum atomic E-state index is 11.7. The van der Waals surface area contributed by atoms with Gasteiger partial charge in [0.2, 0.25) is 12.1 Å². The summed E-state index contributed by atoms with van der Waals surface area (Å²) in [6, 6.07) is -0.184. The first-order valence-electron chi connectivity index (χ1n) is 5.07. The molecule has 0 aliphatic heterocycles. The minimum atomic E-state index is -1.26. The molecule has 1 aliphatic rings. The number of hydrogen-bond donors (Lipinski definition) is 1. The summed E-state index contributed by atoms with van der Waals surface area (Å²) in [5, 5.41) is 9.42. The summed E-state index contributed by atoms with van der Waals surface area (Å²) in [6.45, 7) is 2.12. The Kier molecular flexibility index (Phi) is 4.04. The lowest BCUT2D eigenvalue weighted by atomic mass is 10.1. The lowest BCUT2D eigenvalue weighted by Crippen LogP contribution is -2.44. The van der Waals surface area contributed by atoms with Gasteiger partial charge in [-0.1, -0.05) is 0 Å².